The second kappa shape index (κ2) is 8.82. The van der Waals surface area contributed by atoms with Crippen LogP contribution in [-0.4, -0.2) is 24.4 Å². The van der Waals surface area contributed by atoms with Gasteiger partial charge >= 0.3 is 0 Å². The van der Waals surface area contributed by atoms with Gasteiger partial charge in [-0.1, -0.05) is 74.5 Å². The Morgan fingerprint density at radius 3 is 1.83 bits per heavy atom. The van der Waals surface area contributed by atoms with Crippen LogP contribution in [0.25, 0.3) is 0 Å². The predicted molar refractivity (Wildman–Crippen MR) is 92.0 cm³/mol. The largest absolute Gasteiger partial charge is 0.390 e. The van der Waals surface area contributed by atoms with E-state index in [0.29, 0.717) is 26.4 Å². The summed E-state index contributed by atoms with van der Waals surface area (Å²) in [4.78, 5) is 0. The van der Waals surface area contributed by atoms with Gasteiger partial charge in [-0.15, -0.1) is 0 Å². The van der Waals surface area contributed by atoms with Crippen LogP contribution in [0.1, 0.15) is 25.0 Å². The van der Waals surface area contributed by atoms with E-state index in [1.807, 2.05) is 74.5 Å². The fourth-order valence-electron chi connectivity index (χ4n) is 2.19. The van der Waals surface area contributed by atoms with E-state index in [2.05, 4.69) is 0 Å². The second-order valence-electron chi connectivity index (χ2n) is 6.48. The van der Waals surface area contributed by atoms with Crippen LogP contribution in [-0.2, 0) is 22.7 Å². The number of aliphatic hydroxyl groups is 1. The van der Waals surface area contributed by atoms with Crippen molar-refractivity contribution in [2.75, 3.05) is 13.2 Å². The summed E-state index contributed by atoms with van der Waals surface area (Å²) < 4.78 is 11.4. The van der Waals surface area contributed by atoms with Crippen molar-refractivity contribution in [3.63, 3.8) is 0 Å². The first-order valence-corrected chi connectivity index (χ1v) is 7.99. The van der Waals surface area contributed by atoms with Crippen LogP contribution in [0.15, 0.2) is 60.7 Å². The molecule has 0 radical (unpaired) electrons. The molecule has 2 rings (SSSR count). The summed E-state index contributed by atoms with van der Waals surface area (Å²) in [6.07, 6.45) is -0.568. The van der Waals surface area contributed by atoms with Gasteiger partial charge in [-0.2, -0.15) is 0 Å². The molecule has 0 aliphatic heterocycles. The molecule has 0 bridgehead atoms. The average Bonchev–Trinajstić information content (AvgIpc) is 2.56. The number of hydrogen-bond donors (Lipinski definition) is 1. The summed E-state index contributed by atoms with van der Waals surface area (Å²) in [6, 6.07) is 20.0. The molecule has 124 valence electrons. The van der Waals surface area contributed by atoms with Gasteiger partial charge in [0.15, 0.2) is 0 Å². The van der Waals surface area contributed by atoms with E-state index in [1.54, 1.807) is 0 Å². The average molecular weight is 314 g/mol. The molecule has 1 unspecified atom stereocenters. The molecule has 0 fully saturated rings. The highest BCUT2D eigenvalue weighted by molar-refractivity contribution is 5.14. The summed E-state index contributed by atoms with van der Waals surface area (Å²) in [7, 11) is 0. The third kappa shape index (κ3) is 6.14. The van der Waals surface area contributed by atoms with E-state index in [-0.39, 0.29) is 5.41 Å². The van der Waals surface area contributed by atoms with E-state index < -0.39 is 6.10 Å². The number of aliphatic hydroxyl groups excluding tert-OH is 1. The molecular formula is C20H26O3. The fourth-order valence-corrected chi connectivity index (χ4v) is 2.19. The minimum atomic E-state index is -0.568. The number of ether oxygens (including phenoxy) is 2. The minimum absolute atomic E-state index is 0.302. The van der Waals surface area contributed by atoms with Crippen molar-refractivity contribution < 1.29 is 14.6 Å². The van der Waals surface area contributed by atoms with Gasteiger partial charge in [0.2, 0.25) is 0 Å². The molecule has 1 N–H and O–H groups in total. The van der Waals surface area contributed by atoms with Crippen LogP contribution in [0, 0.1) is 5.41 Å². The number of benzene rings is 2. The van der Waals surface area contributed by atoms with Crippen LogP contribution < -0.4 is 0 Å². The Bertz CT molecular complexity index is 552. The Morgan fingerprint density at radius 1 is 0.826 bits per heavy atom. The van der Waals surface area contributed by atoms with E-state index in [1.165, 1.54) is 0 Å². The lowest BCUT2D eigenvalue weighted by atomic mass is 9.88. The molecule has 0 saturated carbocycles. The molecule has 0 heterocycles. The molecule has 1 atom stereocenters. The first-order chi connectivity index (χ1) is 11.1. The van der Waals surface area contributed by atoms with Crippen molar-refractivity contribution in [2.45, 2.75) is 33.2 Å². The lowest BCUT2D eigenvalue weighted by Crippen LogP contribution is -2.37. The molecule has 0 saturated heterocycles. The van der Waals surface area contributed by atoms with E-state index in [0.717, 1.165) is 11.1 Å². The second-order valence-corrected chi connectivity index (χ2v) is 6.48. The van der Waals surface area contributed by atoms with Gasteiger partial charge in [-0.25, -0.2) is 0 Å². The van der Waals surface area contributed by atoms with Crippen molar-refractivity contribution >= 4 is 0 Å². The lowest BCUT2D eigenvalue weighted by Gasteiger charge is -2.30. The third-order valence-electron chi connectivity index (χ3n) is 3.87. The van der Waals surface area contributed by atoms with Gasteiger partial charge in [0.25, 0.3) is 0 Å². The summed E-state index contributed by atoms with van der Waals surface area (Å²) in [5, 5.41) is 10.3. The number of rotatable bonds is 9. The normalized spacial score (nSPS) is 13.0. The van der Waals surface area contributed by atoms with E-state index in [9.17, 15) is 5.11 Å². The minimum Gasteiger partial charge on any atom is -0.390 e. The highest BCUT2D eigenvalue weighted by atomic mass is 16.5. The Kier molecular flexibility index (Phi) is 6.78. The van der Waals surface area contributed by atoms with Gasteiger partial charge in [0.05, 0.1) is 32.5 Å². The molecule has 3 nitrogen and oxygen atoms in total. The molecule has 2 aromatic rings. The molecule has 3 heteroatoms. The first kappa shape index (κ1) is 17.7. The molecular weight excluding hydrogens is 288 g/mol. The van der Waals surface area contributed by atoms with Crippen molar-refractivity contribution in [2.24, 2.45) is 5.41 Å². The Balaban J connectivity index is 1.70. The van der Waals surface area contributed by atoms with Gasteiger partial charge in [0.1, 0.15) is 0 Å². The Hall–Kier alpha value is -1.68. The summed E-state index contributed by atoms with van der Waals surface area (Å²) in [6.45, 7) is 5.85. The SMILES string of the molecule is CC(C)(COCc1ccccc1)C(O)COCc1ccccc1. The maximum Gasteiger partial charge on any atom is 0.0846 e. The van der Waals surface area contributed by atoms with Crippen LogP contribution in [0.5, 0.6) is 0 Å². The lowest BCUT2D eigenvalue weighted by molar-refractivity contribution is -0.0703. The van der Waals surface area contributed by atoms with Crippen LogP contribution in [0.2, 0.25) is 0 Å². The van der Waals surface area contributed by atoms with Crippen LogP contribution in [0.3, 0.4) is 0 Å². The fraction of sp³-hybridized carbons (Fsp3) is 0.400. The molecule has 0 aliphatic carbocycles. The van der Waals surface area contributed by atoms with Crippen molar-refractivity contribution in [3.8, 4) is 0 Å². The molecule has 23 heavy (non-hydrogen) atoms. The summed E-state index contributed by atoms with van der Waals surface area (Å²) in [5.74, 6) is 0. The van der Waals surface area contributed by atoms with Crippen molar-refractivity contribution in [1.82, 2.24) is 0 Å². The third-order valence-corrected chi connectivity index (χ3v) is 3.87. The van der Waals surface area contributed by atoms with Crippen molar-refractivity contribution in [1.29, 1.82) is 0 Å². The van der Waals surface area contributed by atoms with Gasteiger partial charge in [0, 0.05) is 5.41 Å². The first-order valence-electron chi connectivity index (χ1n) is 7.99. The summed E-state index contributed by atoms with van der Waals surface area (Å²) in [5.41, 5.74) is 1.89. The zero-order valence-corrected chi connectivity index (χ0v) is 13.9. The van der Waals surface area contributed by atoms with E-state index >= 15 is 0 Å². The zero-order chi connectivity index (χ0) is 16.5. The monoisotopic (exact) mass is 314 g/mol. The van der Waals surface area contributed by atoms with Crippen molar-refractivity contribution in [3.05, 3.63) is 71.8 Å². The molecule has 0 amide bonds. The maximum absolute atomic E-state index is 10.3. The van der Waals surface area contributed by atoms with Crippen LogP contribution >= 0.6 is 0 Å². The summed E-state index contributed by atoms with van der Waals surface area (Å²) >= 11 is 0. The van der Waals surface area contributed by atoms with Gasteiger partial charge < -0.3 is 14.6 Å². The molecule has 0 aromatic heterocycles. The smallest absolute Gasteiger partial charge is 0.0846 e. The van der Waals surface area contributed by atoms with Crippen LogP contribution in [0.4, 0.5) is 0 Å². The quantitative estimate of drug-likeness (QED) is 0.765. The van der Waals surface area contributed by atoms with Gasteiger partial charge in [-0.3, -0.25) is 0 Å². The topological polar surface area (TPSA) is 38.7 Å². The predicted octanol–water partition coefficient (Wildman–Crippen LogP) is 3.81. The molecule has 2 aromatic carbocycles. The maximum atomic E-state index is 10.3. The zero-order valence-electron chi connectivity index (χ0n) is 13.9. The Morgan fingerprint density at radius 2 is 1.30 bits per heavy atom. The highest BCUT2D eigenvalue weighted by Gasteiger charge is 2.28. The molecule has 0 spiro atoms. The number of hydrogen-bond acceptors (Lipinski definition) is 3. The Labute approximate surface area is 138 Å². The van der Waals surface area contributed by atoms with E-state index in [4.69, 9.17) is 9.47 Å². The highest BCUT2D eigenvalue weighted by Crippen LogP contribution is 2.22. The van der Waals surface area contributed by atoms with Gasteiger partial charge in [-0.05, 0) is 11.1 Å². The molecule has 0 aliphatic rings. The standard InChI is InChI=1S/C20H26O3/c1-20(2,16-23-14-18-11-7-4-8-12-18)19(21)15-22-13-17-9-5-3-6-10-17/h3-12,19,21H,13-16H2,1-2H3.